The van der Waals surface area contributed by atoms with Gasteiger partial charge in [0.05, 0.1) is 5.75 Å². The van der Waals surface area contributed by atoms with Crippen molar-refractivity contribution >= 4 is 9.84 Å². The van der Waals surface area contributed by atoms with E-state index in [1.54, 1.807) is 0 Å². The normalized spacial score (nSPS) is 14.5. The van der Waals surface area contributed by atoms with Crippen LogP contribution in [0.5, 0.6) is 0 Å². The van der Waals surface area contributed by atoms with E-state index in [0.29, 0.717) is 5.92 Å². The van der Waals surface area contributed by atoms with Gasteiger partial charge in [0.1, 0.15) is 9.84 Å². The molecule has 1 N–H and O–H groups in total. The third-order valence-electron chi connectivity index (χ3n) is 2.33. The molecule has 0 rings (SSSR count). The van der Waals surface area contributed by atoms with E-state index >= 15 is 0 Å². The first-order chi connectivity index (χ1) is 6.85. The minimum Gasteiger partial charge on any atom is -0.313 e. The zero-order chi connectivity index (χ0) is 11.9. The van der Waals surface area contributed by atoms with Crippen molar-refractivity contribution in [2.45, 2.75) is 46.1 Å². The lowest BCUT2D eigenvalue weighted by Gasteiger charge is -2.17. The maximum absolute atomic E-state index is 11.2. The average Bonchev–Trinajstić information content (AvgIpc) is 2.00. The van der Waals surface area contributed by atoms with E-state index in [9.17, 15) is 8.42 Å². The Labute approximate surface area is 94.6 Å². The highest BCUT2D eigenvalue weighted by atomic mass is 32.2. The van der Waals surface area contributed by atoms with Crippen LogP contribution in [0.25, 0.3) is 0 Å². The molecule has 3 nitrogen and oxygen atoms in total. The maximum atomic E-state index is 11.2. The molecule has 0 amide bonds. The lowest BCUT2D eigenvalue weighted by Crippen LogP contribution is -2.35. The van der Waals surface area contributed by atoms with E-state index in [-0.39, 0.29) is 11.8 Å². The summed E-state index contributed by atoms with van der Waals surface area (Å²) in [7, 11) is -2.86. The summed E-state index contributed by atoms with van der Waals surface area (Å²) in [5, 5.41) is 3.23. The Morgan fingerprint density at radius 2 is 1.80 bits per heavy atom. The van der Waals surface area contributed by atoms with Crippen LogP contribution in [0.15, 0.2) is 0 Å². The summed E-state index contributed by atoms with van der Waals surface area (Å²) in [6.07, 6.45) is 4.54. The molecule has 15 heavy (non-hydrogen) atoms. The van der Waals surface area contributed by atoms with Crippen molar-refractivity contribution in [3.63, 3.8) is 0 Å². The van der Waals surface area contributed by atoms with Crippen LogP contribution in [0.4, 0.5) is 0 Å². The summed E-state index contributed by atoms with van der Waals surface area (Å²) in [5.74, 6) is 0.962. The van der Waals surface area contributed by atoms with Crippen LogP contribution in [0.1, 0.15) is 40.0 Å². The van der Waals surface area contributed by atoms with Crippen molar-refractivity contribution in [3.8, 4) is 0 Å². The molecule has 0 bridgehead atoms. The summed E-state index contributed by atoms with van der Waals surface area (Å²) in [6, 6.07) is 0.128. The van der Waals surface area contributed by atoms with Gasteiger partial charge < -0.3 is 5.32 Å². The SMILES string of the molecule is CCNC(CCCC(C)C)CS(C)(=O)=O. The van der Waals surface area contributed by atoms with Gasteiger partial charge in [-0.1, -0.05) is 33.6 Å². The van der Waals surface area contributed by atoms with Crippen molar-refractivity contribution < 1.29 is 8.42 Å². The van der Waals surface area contributed by atoms with Crippen molar-refractivity contribution in [1.29, 1.82) is 0 Å². The van der Waals surface area contributed by atoms with Gasteiger partial charge in [-0.15, -0.1) is 0 Å². The molecule has 0 heterocycles. The highest BCUT2D eigenvalue weighted by Crippen LogP contribution is 2.09. The first-order valence-corrected chi connectivity index (χ1v) is 7.82. The maximum Gasteiger partial charge on any atom is 0.148 e. The fourth-order valence-electron chi connectivity index (χ4n) is 1.67. The molecule has 0 spiro atoms. The van der Waals surface area contributed by atoms with Gasteiger partial charge in [-0.3, -0.25) is 0 Å². The van der Waals surface area contributed by atoms with E-state index < -0.39 is 9.84 Å². The molecule has 4 heteroatoms. The molecule has 0 aromatic carbocycles. The van der Waals surface area contributed by atoms with Gasteiger partial charge >= 0.3 is 0 Å². The number of hydrogen-bond acceptors (Lipinski definition) is 3. The Morgan fingerprint density at radius 3 is 2.20 bits per heavy atom. The van der Waals surface area contributed by atoms with Crippen molar-refractivity contribution in [2.75, 3.05) is 18.6 Å². The van der Waals surface area contributed by atoms with Gasteiger partial charge in [-0.25, -0.2) is 8.42 Å². The lowest BCUT2D eigenvalue weighted by atomic mass is 10.0. The summed E-state index contributed by atoms with van der Waals surface area (Å²) in [6.45, 7) is 7.23. The monoisotopic (exact) mass is 235 g/mol. The van der Waals surface area contributed by atoms with Crippen molar-refractivity contribution in [1.82, 2.24) is 5.32 Å². The van der Waals surface area contributed by atoms with Gasteiger partial charge in [0.2, 0.25) is 0 Å². The van der Waals surface area contributed by atoms with Crippen LogP contribution in [0.2, 0.25) is 0 Å². The second-order valence-electron chi connectivity index (χ2n) is 4.67. The minimum atomic E-state index is -2.86. The highest BCUT2D eigenvalue weighted by Gasteiger charge is 2.13. The highest BCUT2D eigenvalue weighted by molar-refractivity contribution is 7.90. The van der Waals surface area contributed by atoms with Crippen LogP contribution in [0, 0.1) is 5.92 Å². The second-order valence-corrected chi connectivity index (χ2v) is 6.86. The number of hydrogen-bond donors (Lipinski definition) is 1. The molecule has 0 aliphatic carbocycles. The fourth-order valence-corrected chi connectivity index (χ4v) is 2.69. The van der Waals surface area contributed by atoms with Gasteiger partial charge in [-0.2, -0.15) is 0 Å². The molecule has 0 aliphatic rings. The van der Waals surface area contributed by atoms with Crippen molar-refractivity contribution in [3.05, 3.63) is 0 Å². The van der Waals surface area contributed by atoms with E-state index in [1.165, 1.54) is 12.7 Å². The summed E-state index contributed by atoms with van der Waals surface area (Å²) >= 11 is 0. The van der Waals surface area contributed by atoms with E-state index in [0.717, 1.165) is 19.4 Å². The van der Waals surface area contributed by atoms with Gasteiger partial charge in [0.15, 0.2) is 0 Å². The first kappa shape index (κ1) is 14.9. The quantitative estimate of drug-likeness (QED) is 0.698. The Bertz CT molecular complexity index is 247. The third kappa shape index (κ3) is 10.2. The predicted molar refractivity (Wildman–Crippen MR) is 65.9 cm³/mol. The number of rotatable bonds is 8. The molecule has 0 fully saturated rings. The van der Waals surface area contributed by atoms with Crippen molar-refractivity contribution in [2.24, 2.45) is 5.92 Å². The minimum absolute atomic E-state index is 0.128. The third-order valence-corrected chi connectivity index (χ3v) is 3.34. The van der Waals surface area contributed by atoms with Gasteiger partial charge in [0.25, 0.3) is 0 Å². The molecule has 0 saturated heterocycles. The molecule has 0 aromatic rings. The van der Waals surface area contributed by atoms with Crippen LogP contribution >= 0.6 is 0 Å². The summed E-state index contributed by atoms with van der Waals surface area (Å²) in [5.41, 5.74) is 0. The molecular formula is C11H25NO2S. The topological polar surface area (TPSA) is 46.2 Å². The largest absolute Gasteiger partial charge is 0.313 e. The summed E-state index contributed by atoms with van der Waals surface area (Å²) < 4.78 is 22.3. The molecule has 92 valence electrons. The molecule has 1 unspecified atom stereocenters. The van der Waals surface area contributed by atoms with E-state index in [2.05, 4.69) is 19.2 Å². The molecule has 0 radical (unpaired) electrons. The molecular weight excluding hydrogens is 210 g/mol. The van der Waals surface area contributed by atoms with E-state index in [4.69, 9.17) is 0 Å². The Balaban J connectivity index is 3.94. The van der Waals surface area contributed by atoms with Gasteiger partial charge in [-0.05, 0) is 18.9 Å². The molecule has 0 aliphatic heterocycles. The second kappa shape index (κ2) is 7.23. The average molecular weight is 235 g/mol. The number of nitrogens with one attached hydrogen (secondary N) is 1. The van der Waals surface area contributed by atoms with Crippen LogP contribution in [0.3, 0.4) is 0 Å². The fraction of sp³-hybridized carbons (Fsp3) is 1.00. The number of sulfone groups is 1. The zero-order valence-corrected chi connectivity index (χ0v) is 11.2. The van der Waals surface area contributed by atoms with Crippen LogP contribution in [-0.4, -0.2) is 33.0 Å². The molecule has 1 atom stereocenters. The zero-order valence-electron chi connectivity index (χ0n) is 10.4. The summed E-state index contributed by atoms with van der Waals surface area (Å²) in [4.78, 5) is 0. The Hall–Kier alpha value is -0.0900. The van der Waals surface area contributed by atoms with Crippen LogP contribution < -0.4 is 5.32 Å². The standard InChI is InChI=1S/C11H25NO2S/c1-5-12-11(9-15(4,13)14)8-6-7-10(2)3/h10-12H,5-9H2,1-4H3. The lowest BCUT2D eigenvalue weighted by molar-refractivity contribution is 0.463. The van der Waals surface area contributed by atoms with Gasteiger partial charge in [0, 0.05) is 12.3 Å². The Morgan fingerprint density at radius 1 is 1.20 bits per heavy atom. The molecule has 0 aromatic heterocycles. The van der Waals surface area contributed by atoms with Crippen LogP contribution in [-0.2, 0) is 9.84 Å². The first-order valence-electron chi connectivity index (χ1n) is 5.76. The smallest absolute Gasteiger partial charge is 0.148 e. The predicted octanol–water partition coefficient (Wildman–Crippen LogP) is 1.84. The van der Waals surface area contributed by atoms with E-state index in [1.807, 2.05) is 6.92 Å². The molecule has 0 saturated carbocycles. The Kier molecular flexibility index (Phi) is 7.18.